The molecule has 13 heavy (non-hydrogen) atoms. The minimum absolute atomic E-state index is 0. The van der Waals surface area contributed by atoms with E-state index in [9.17, 15) is 0 Å². The Labute approximate surface area is 106 Å². The maximum Gasteiger partial charge on any atom is 0.128 e. The minimum Gasteiger partial charge on any atom is -0.438 e. The molecule has 0 aliphatic carbocycles. The standard InChI is InChI=1S/C8H5ClN3.Y/c9-7-2-1-6(5-12-7)8-10-3-4-11-8;/h1-3,5H,(H,10,11);/q-1;. The Morgan fingerprint density at radius 3 is 2.77 bits per heavy atom. The van der Waals surface area contributed by atoms with Gasteiger partial charge in [-0.25, -0.2) is 4.98 Å². The second-order valence-electron chi connectivity index (χ2n) is 2.25. The van der Waals surface area contributed by atoms with Gasteiger partial charge in [-0.15, -0.1) is 6.20 Å². The van der Waals surface area contributed by atoms with Crippen molar-refractivity contribution >= 4 is 11.6 Å². The largest absolute Gasteiger partial charge is 0.438 e. The molecule has 2 rings (SSSR count). The van der Waals surface area contributed by atoms with Crippen LogP contribution in [0.1, 0.15) is 0 Å². The molecule has 1 radical (unpaired) electrons. The number of nitrogens with one attached hydrogen (secondary N) is 1. The normalized spacial score (nSPS) is 9.31. The Morgan fingerprint density at radius 2 is 2.23 bits per heavy atom. The summed E-state index contributed by atoms with van der Waals surface area (Å²) in [6.45, 7) is 0. The molecule has 0 atom stereocenters. The minimum atomic E-state index is 0. The first-order valence-electron chi connectivity index (χ1n) is 3.39. The number of nitrogens with zero attached hydrogens (tertiary/aromatic N) is 2. The zero-order valence-corrected chi connectivity index (χ0v) is 10.3. The van der Waals surface area contributed by atoms with E-state index in [-0.39, 0.29) is 32.7 Å². The van der Waals surface area contributed by atoms with Gasteiger partial charge in [-0.1, -0.05) is 23.9 Å². The van der Waals surface area contributed by atoms with E-state index in [4.69, 9.17) is 11.6 Å². The van der Waals surface area contributed by atoms with Gasteiger partial charge in [0.1, 0.15) is 5.15 Å². The Bertz CT molecular complexity index is 357. The first-order valence-corrected chi connectivity index (χ1v) is 3.77. The average molecular weight is 268 g/mol. The number of rotatable bonds is 1. The smallest absolute Gasteiger partial charge is 0.128 e. The molecule has 2 aromatic rings. The van der Waals surface area contributed by atoms with Crippen molar-refractivity contribution in [2.45, 2.75) is 0 Å². The van der Waals surface area contributed by atoms with Crippen molar-refractivity contribution in [1.82, 2.24) is 15.0 Å². The third-order valence-electron chi connectivity index (χ3n) is 1.45. The summed E-state index contributed by atoms with van der Waals surface area (Å²) in [6, 6.07) is 3.57. The molecule has 1 N–H and O–H groups in total. The third kappa shape index (κ3) is 2.60. The van der Waals surface area contributed by atoms with Crippen LogP contribution in [-0.4, -0.2) is 15.0 Å². The van der Waals surface area contributed by atoms with E-state index < -0.39 is 0 Å². The number of imidazole rings is 1. The SMILES string of the molecule is Clc1ccc(-c2n[c-]c[nH]2)cn1.[Y]. The summed E-state index contributed by atoms with van der Waals surface area (Å²) in [7, 11) is 0. The van der Waals surface area contributed by atoms with Gasteiger partial charge in [0, 0.05) is 38.9 Å². The summed E-state index contributed by atoms with van der Waals surface area (Å²) >= 11 is 5.62. The molecule has 0 unspecified atom stereocenters. The summed E-state index contributed by atoms with van der Waals surface area (Å²) in [5.41, 5.74) is 0.903. The van der Waals surface area contributed by atoms with Gasteiger partial charge in [-0.3, -0.25) is 0 Å². The molecule has 0 saturated heterocycles. The molecule has 2 aromatic heterocycles. The molecule has 0 aromatic carbocycles. The van der Waals surface area contributed by atoms with E-state index in [1.54, 1.807) is 18.5 Å². The van der Waals surface area contributed by atoms with Crippen molar-refractivity contribution in [2.24, 2.45) is 0 Å². The molecule has 0 bridgehead atoms. The topological polar surface area (TPSA) is 41.6 Å². The number of hydrogen-bond donors (Lipinski definition) is 1. The van der Waals surface area contributed by atoms with Gasteiger partial charge in [-0.2, -0.15) is 0 Å². The fourth-order valence-electron chi connectivity index (χ4n) is 0.894. The molecule has 0 aliphatic heterocycles. The molecule has 0 amide bonds. The summed E-state index contributed by atoms with van der Waals surface area (Å²) in [5, 5.41) is 0.481. The van der Waals surface area contributed by atoms with Gasteiger partial charge in [0.15, 0.2) is 0 Å². The van der Waals surface area contributed by atoms with Crippen molar-refractivity contribution in [3.8, 4) is 11.4 Å². The summed E-state index contributed by atoms with van der Waals surface area (Å²) in [5.74, 6) is 0.749. The van der Waals surface area contributed by atoms with Crippen LogP contribution in [-0.2, 0) is 32.7 Å². The van der Waals surface area contributed by atoms with Gasteiger partial charge in [-0.05, 0) is 17.5 Å². The predicted octanol–water partition coefficient (Wildman–Crippen LogP) is 1.92. The Morgan fingerprint density at radius 1 is 1.38 bits per heavy atom. The number of halogens is 1. The molecule has 3 nitrogen and oxygen atoms in total. The number of hydrogen-bond acceptors (Lipinski definition) is 2. The van der Waals surface area contributed by atoms with Crippen LogP contribution in [0.3, 0.4) is 0 Å². The van der Waals surface area contributed by atoms with Crippen LogP contribution in [0.15, 0.2) is 24.5 Å². The van der Waals surface area contributed by atoms with Crippen molar-refractivity contribution in [1.29, 1.82) is 0 Å². The zero-order chi connectivity index (χ0) is 8.39. The number of aromatic amines is 1. The molecular weight excluding hydrogens is 262 g/mol. The first-order chi connectivity index (χ1) is 5.86. The maximum absolute atomic E-state index is 5.62. The van der Waals surface area contributed by atoms with Gasteiger partial charge in [0.05, 0.1) is 0 Å². The molecule has 63 valence electrons. The monoisotopic (exact) mass is 267 g/mol. The molecule has 0 saturated carbocycles. The van der Waals surface area contributed by atoms with Gasteiger partial charge < -0.3 is 9.97 Å². The van der Waals surface area contributed by atoms with Crippen LogP contribution in [0.5, 0.6) is 0 Å². The van der Waals surface area contributed by atoms with E-state index >= 15 is 0 Å². The molecule has 0 fully saturated rings. The molecular formula is C8H5ClN3Y-. The fraction of sp³-hybridized carbons (Fsp3) is 0. The maximum atomic E-state index is 5.62. The summed E-state index contributed by atoms with van der Waals surface area (Å²) < 4.78 is 0. The Balaban J connectivity index is 0.000000845. The summed E-state index contributed by atoms with van der Waals surface area (Å²) in [6.07, 6.45) is 5.98. The van der Waals surface area contributed by atoms with Crippen molar-refractivity contribution in [2.75, 3.05) is 0 Å². The van der Waals surface area contributed by atoms with Gasteiger partial charge >= 0.3 is 0 Å². The Kier molecular flexibility index (Phi) is 4.04. The first kappa shape index (κ1) is 10.8. The van der Waals surface area contributed by atoms with E-state index in [0.29, 0.717) is 5.15 Å². The van der Waals surface area contributed by atoms with E-state index in [2.05, 4.69) is 21.1 Å². The molecule has 0 aliphatic rings. The Hall–Kier alpha value is -0.246. The van der Waals surface area contributed by atoms with Crippen LogP contribution >= 0.6 is 11.6 Å². The van der Waals surface area contributed by atoms with Crippen LogP contribution in [0.4, 0.5) is 0 Å². The quantitative estimate of drug-likeness (QED) is 0.633. The number of pyridine rings is 1. The third-order valence-corrected chi connectivity index (χ3v) is 1.67. The van der Waals surface area contributed by atoms with Gasteiger partial charge in [0.25, 0.3) is 0 Å². The van der Waals surface area contributed by atoms with E-state index in [1.807, 2.05) is 6.07 Å². The molecule has 2 heterocycles. The van der Waals surface area contributed by atoms with Crippen molar-refractivity contribution in [3.05, 3.63) is 35.9 Å². The second-order valence-corrected chi connectivity index (χ2v) is 2.64. The van der Waals surface area contributed by atoms with Crippen LogP contribution in [0, 0.1) is 6.20 Å². The van der Waals surface area contributed by atoms with Crippen LogP contribution in [0.25, 0.3) is 11.4 Å². The van der Waals surface area contributed by atoms with Crippen LogP contribution in [0.2, 0.25) is 5.15 Å². The molecule has 0 spiro atoms. The molecule has 5 heteroatoms. The second kappa shape index (κ2) is 4.84. The predicted molar refractivity (Wildman–Crippen MR) is 45.7 cm³/mol. The number of aromatic nitrogens is 3. The van der Waals surface area contributed by atoms with E-state index in [0.717, 1.165) is 11.4 Å². The van der Waals surface area contributed by atoms with Gasteiger partial charge in [0.2, 0.25) is 0 Å². The van der Waals surface area contributed by atoms with E-state index in [1.165, 1.54) is 0 Å². The van der Waals surface area contributed by atoms with Crippen molar-refractivity contribution < 1.29 is 32.7 Å². The fourth-order valence-corrected chi connectivity index (χ4v) is 1.01. The van der Waals surface area contributed by atoms with Crippen molar-refractivity contribution in [3.63, 3.8) is 0 Å². The summed E-state index contributed by atoms with van der Waals surface area (Å²) in [4.78, 5) is 10.8. The number of H-pyrrole nitrogens is 1. The average Bonchev–Trinajstić information content (AvgIpc) is 2.58. The van der Waals surface area contributed by atoms with Crippen LogP contribution < -0.4 is 0 Å². The zero-order valence-electron chi connectivity index (χ0n) is 6.66.